The molecule has 0 saturated carbocycles. The summed E-state index contributed by atoms with van der Waals surface area (Å²) in [4.78, 5) is 4.50. The maximum Gasteiger partial charge on any atom is 0.0726 e. The summed E-state index contributed by atoms with van der Waals surface area (Å²) in [7, 11) is 0. The Morgan fingerprint density at radius 3 is 2.67 bits per heavy atom. The average molecular weight is 240 g/mol. The minimum absolute atomic E-state index is 0.137. The van der Waals surface area contributed by atoms with E-state index in [1.807, 2.05) is 25.1 Å². The highest BCUT2D eigenvalue weighted by Gasteiger charge is 2.10. The lowest BCUT2D eigenvalue weighted by Gasteiger charge is -2.13. The molecule has 0 aliphatic carbocycles. The van der Waals surface area contributed by atoms with E-state index in [-0.39, 0.29) is 6.04 Å². The van der Waals surface area contributed by atoms with E-state index >= 15 is 0 Å². The molecule has 0 bridgehead atoms. The number of aromatic nitrogens is 1. The molecule has 1 unspecified atom stereocenters. The molecule has 0 spiro atoms. The van der Waals surface area contributed by atoms with Crippen LogP contribution in [0.4, 0.5) is 0 Å². The Balaban J connectivity index is 2.27. The van der Waals surface area contributed by atoms with Crippen molar-refractivity contribution >= 4 is 0 Å². The van der Waals surface area contributed by atoms with Crippen LogP contribution in [0.15, 0.2) is 42.5 Å². The molecule has 2 N–H and O–H groups in total. The number of hydrogen-bond donors (Lipinski definition) is 1. The molecule has 18 heavy (non-hydrogen) atoms. The monoisotopic (exact) mass is 240 g/mol. The summed E-state index contributed by atoms with van der Waals surface area (Å²) >= 11 is 0. The van der Waals surface area contributed by atoms with Crippen LogP contribution in [0.1, 0.15) is 41.9 Å². The van der Waals surface area contributed by atoms with Gasteiger partial charge in [-0.05, 0) is 36.6 Å². The maximum atomic E-state index is 6.29. The lowest BCUT2D eigenvalue weighted by molar-refractivity contribution is 0.816. The van der Waals surface area contributed by atoms with Crippen molar-refractivity contribution in [3.05, 3.63) is 65.0 Å². The lowest BCUT2D eigenvalue weighted by atomic mass is 10.00. The maximum absolute atomic E-state index is 6.29. The molecule has 2 aromatic rings. The number of nitrogens with zero attached hydrogens (tertiary/aromatic N) is 1. The third-order valence-corrected chi connectivity index (χ3v) is 3.08. The van der Waals surface area contributed by atoms with Crippen LogP contribution in [0, 0.1) is 6.92 Å². The summed E-state index contributed by atoms with van der Waals surface area (Å²) in [6.07, 6.45) is 2.25. The smallest absolute Gasteiger partial charge is 0.0726 e. The van der Waals surface area contributed by atoms with E-state index in [0.717, 1.165) is 29.8 Å². The standard InChI is InChI=1S/C16H20N2/c1-3-6-13-8-5-9-14(11-13)16(17)15-10-4-7-12(2)18-15/h4-5,7-11,16H,3,6,17H2,1-2H3. The van der Waals surface area contributed by atoms with E-state index in [2.05, 4.69) is 36.2 Å². The van der Waals surface area contributed by atoms with Crippen LogP contribution in [0.3, 0.4) is 0 Å². The quantitative estimate of drug-likeness (QED) is 0.889. The molecule has 1 aromatic heterocycles. The van der Waals surface area contributed by atoms with Crippen molar-refractivity contribution in [3.63, 3.8) is 0 Å². The van der Waals surface area contributed by atoms with Crippen LogP contribution in [0.5, 0.6) is 0 Å². The van der Waals surface area contributed by atoms with E-state index in [0.29, 0.717) is 0 Å². The fraction of sp³-hybridized carbons (Fsp3) is 0.312. The molecule has 1 atom stereocenters. The van der Waals surface area contributed by atoms with Gasteiger partial charge in [-0.3, -0.25) is 4.98 Å². The molecule has 1 heterocycles. The highest BCUT2D eigenvalue weighted by molar-refractivity contribution is 5.31. The van der Waals surface area contributed by atoms with Gasteiger partial charge >= 0.3 is 0 Å². The minimum Gasteiger partial charge on any atom is -0.319 e. The van der Waals surface area contributed by atoms with E-state index in [4.69, 9.17) is 5.73 Å². The molecule has 1 aromatic carbocycles. The summed E-state index contributed by atoms with van der Waals surface area (Å²) in [6.45, 7) is 4.18. The van der Waals surface area contributed by atoms with E-state index in [9.17, 15) is 0 Å². The van der Waals surface area contributed by atoms with Crippen molar-refractivity contribution in [1.29, 1.82) is 0 Å². The first kappa shape index (κ1) is 12.8. The molecule has 0 amide bonds. The van der Waals surface area contributed by atoms with Gasteiger partial charge in [-0.15, -0.1) is 0 Å². The zero-order valence-corrected chi connectivity index (χ0v) is 11.1. The van der Waals surface area contributed by atoms with E-state index < -0.39 is 0 Å². The lowest BCUT2D eigenvalue weighted by Crippen LogP contribution is -2.14. The fourth-order valence-corrected chi connectivity index (χ4v) is 2.14. The normalized spacial score (nSPS) is 12.4. The van der Waals surface area contributed by atoms with Gasteiger partial charge in [-0.25, -0.2) is 0 Å². The largest absolute Gasteiger partial charge is 0.319 e. The van der Waals surface area contributed by atoms with Crippen molar-refractivity contribution in [2.45, 2.75) is 32.7 Å². The van der Waals surface area contributed by atoms with Crippen molar-refractivity contribution in [2.24, 2.45) is 5.73 Å². The van der Waals surface area contributed by atoms with Gasteiger partial charge in [0.05, 0.1) is 11.7 Å². The summed E-state index contributed by atoms with van der Waals surface area (Å²) < 4.78 is 0. The Hall–Kier alpha value is -1.67. The Morgan fingerprint density at radius 1 is 1.17 bits per heavy atom. The fourth-order valence-electron chi connectivity index (χ4n) is 2.14. The Kier molecular flexibility index (Phi) is 4.11. The second kappa shape index (κ2) is 5.78. The molecule has 2 nitrogen and oxygen atoms in total. The van der Waals surface area contributed by atoms with Gasteiger partial charge in [0.2, 0.25) is 0 Å². The van der Waals surface area contributed by atoms with Crippen molar-refractivity contribution in [1.82, 2.24) is 4.98 Å². The van der Waals surface area contributed by atoms with Gasteiger partial charge in [0.1, 0.15) is 0 Å². The number of rotatable bonds is 4. The van der Waals surface area contributed by atoms with Gasteiger partial charge in [-0.2, -0.15) is 0 Å². The molecule has 0 aliphatic rings. The Morgan fingerprint density at radius 2 is 1.94 bits per heavy atom. The summed E-state index contributed by atoms with van der Waals surface area (Å²) in [6, 6.07) is 14.4. The van der Waals surface area contributed by atoms with E-state index in [1.54, 1.807) is 0 Å². The molecule has 0 radical (unpaired) electrons. The Bertz CT molecular complexity index is 520. The second-order valence-corrected chi connectivity index (χ2v) is 4.68. The zero-order chi connectivity index (χ0) is 13.0. The van der Waals surface area contributed by atoms with Crippen LogP contribution >= 0.6 is 0 Å². The highest BCUT2D eigenvalue weighted by Crippen LogP contribution is 2.19. The minimum atomic E-state index is -0.137. The average Bonchev–Trinajstić information content (AvgIpc) is 2.39. The number of pyridine rings is 1. The zero-order valence-electron chi connectivity index (χ0n) is 11.1. The predicted octanol–water partition coefficient (Wildman–Crippen LogP) is 3.39. The van der Waals surface area contributed by atoms with Gasteiger partial charge in [0, 0.05) is 5.69 Å². The first-order valence-electron chi connectivity index (χ1n) is 6.48. The Labute approximate surface area is 109 Å². The molecule has 2 heteroatoms. The van der Waals surface area contributed by atoms with Gasteiger partial charge in [-0.1, -0.05) is 43.7 Å². The SMILES string of the molecule is CCCc1cccc(C(N)c2cccc(C)n2)c1. The predicted molar refractivity (Wildman–Crippen MR) is 75.4 cm³/mol. The van der Waals surface area contributed by atoms with Crippen molar-refractivity contribution < 1.29 is 0 Å². The third-order valence-electron chi connectivity index (χ3n) is 3.08. The molecule has 0 aliphatic heterocycles. The number of nitrogens with two attached hydrogens (primary N) is 1. The van der Waals surface area contributed by atoms with Crippen LogP contribution in [-0.4, -0.2) is 4.98 Å². The number of aryl methyl sites for hydroxylation is 2. The molecule has 2 rings (SSSR count). The third kappa shape index (κ3) is 2.96. The number of hydrogen-bond acceptors (Lipinski definition) is 2. The van der Waals surface area contributed by atoms with Crippen molar-refractivity contribution in [3.8, 4) is 0 Å². The van der Waals surface area contributed by atoms with Crippen molar-refractivity contribution in [2.75, 3.05) is 0 Å². The van der Waals surface area contributed by atoms with Gasteiger partial charge in [0.25, 0.3) is 0 Å². The highest BCUT2D eigenvalue weighted by atomic mass is 14.8. The number of benzene rings is 1. The molecular formula is C16H20N2. The summed E-state index contributed by atoms with van der Waals surface area (Å²) in [5, 5.41) is 0. The molecule has 0 saturated heterocycles. The molecular weight excluding hydrogens is 220 g/mol. The summed E-state index contributed by atoms with van der Waals surface area (Å²) in [5.74, 6) is 0. The topological polar surface area (TPSA) is 38.9 Å². The molecule has 94 valence electrons. The van der Waals surface area contributed by atoms with Crippen LogP contribution < -0.4 is 5.73 Å². The molecule has 0 fully saturated rings. The summed E-state index contributed by atoms with van der Waals surface area (Å²) in [5.41, 5.74) is 10.7. The van der Waals surface area contributed by atoms with Crippen LogP contribution in [-0.2, 0) is 6.42 Å². The first-order valence-corrected chi connectivity index (χ1v) is 6.48. The van der Waals surface area contributed by atoms with Gasteiger partial charge in [0.15, 0.2) is 0 Å². The second-order valence-electron chi connectivity index (χ2n) is 4.68. The van der Waals surface area contributed by atoms with E-state index in [1.165, 1.54) is 5.56 Å². The van der Waals surface area contributed by atoms with Crippen LogP contribution in [0.25, 0.3) is 0 Å². The van der Waals surface area contributed by atoms with Gasteiger partial charge < -0.3 is 5.73 Å². The van der Waals surface area contributed by atoms with Crippen LogP contribution in [0.2, 0.25) is 0 Å². The first-order chi connectivity index (χ1) is 8.70.